The van der Waals surface area contributed by atoms with E-state index in [-0.39, 0.29) is 22.9 Å². The van der Waals surface area contributed by atoms with Crippen LogP contribution < -0.4 is 5.56 Å². The van der Waals surface area contributed by atoms with Crippen molar-refractivity contribution in [3.8, 4) is 0 Å². The van der Waals surface area contributed by atoms with Crippen LogP contribution >= 0.6 is 23.1 Å². The molecule has 1 aliphatic carbocycles. The molecule has 0 amide bonds. The third kappa shape index (κ3) is 2.59. The van der Waals surface area contributed by atoms with Crippen molar-refractivity contribution in [2.75, 3.05) is 5.75 Å². The Hall–Kier alpha value is -1.92. The third-order valence-electron chi connectivity index (χ3n) is 4.31. The van der Waals surface area contributed by atoms with Crippen molar-refractivity contribution < 1.29 is 4.79 Å². The Morgan fingerprint density at radius 2 is 2.08 bits per heavy atom. The zero-order valence-corrected chi connectivity index (χ0v) is 14.9. The first-order valence-corrected chi connectivity index (χ1v) is 9.67. The van der Waals surface area contributed by atoms with Crippen LogP contribution in [0.4, 0.5) is 0 Å². The van der Waals surface area contributed by atoms with Gasteiger partial charge in [-0.1, -0.05) is 18.2 Å². The standard InChI is InChI=1S/C18H16N2O2S2/c1-20-16(13(21)10-23-11-6-3-2-4-7-11)19-17-15(18(20)22)12-8-5-9-14(12)24-17/h2-4,6-7H,5,8-10H2,1H3. The first-order chi connectivity index (χ1) is 11.6. The molecule has 122 valence electrons. The van der Waals surface area contributed by atoms with E-state index < -0.39 is 0 Å². The van der Waals surface area contributed by atoms with Crippen molar-refractivity contribution in [1.29, 1.82) is 0 Å². The average Bonchev–Trinajstić information content (AvgIpc) is 3.17. The zero-order valence-electron chi connectivity index (χ0n) is 13.2. The average molecular weight is 356 g/mol. The lowest BCUT2D eigenvalue weighted by Gasteiger charge is -2.07. The second-order valence-electron chi connectivity index (χ2n) is 5.86. The SMILES string of the molecule is Cn1c(C(=O)CSc2ccccc2)nc2sc3c(c2c1=O)CCC3. The van der Waals surface area contributed by atoms with Gasteiger partial charge in [0.25, 0.3) is 5.56 Å². The van der Waals surface area contributed by atoms with Crippen LogP contribution in [0.15, 0.2) is 40.0 Å². The summed E-state index contributed by atoms with van der Waals surface area (Å²) < 4.78 is 1.42. The second-order valence-corrected chi connectivity index (χ2v) is 7.99. The summed E-state index contributed by atoms with van der Waals surface area (Å²) >= 11 is 3.04. The van der Waals surface area contributed by atoms with Crippen LogP contribution in [-0.2, 0) is 19.9 Å². The van der Waals surface area contributed by atoms with Crippen molar-refractivity contribution in [1.82, 2.24) is 9.55 Å². The van der Waals surface area contributed by atoms with Crippen LogP contribution in [0.2, 0.25) is 0 Å². The number of nitrogens with zero attached hydrogens (tertiary/aromatic N) is 2. The molecule has 1 aliphatic rings. The molecule has 0 radical (unpaired) electrons. The molecule has 2 aromatic heterocycles. The summed E-state index contributed by atoms with van der Waals surface area (Å²) in [5, 5.41) is 0.724. The van der Waals surface area contributed by atoms with Crippen LogP contribution in [0.3, 0.4) is 0 Å². The number of Topliss-reactive ketones (excluding diaryl/α,β-unsaturated/α-hetero) is 1. The van der Waals surface area contributed by atoms with Crippen LogP contribution in [-0.4, -0.2) is 21.1 Å². The van der Waals surface area contributed by atoms with E-state index in [1.807, 2.05) is 30.3 Å². The first-order valence-electron chi connectivity index (χ1n) is 7.87. The third-order valence-corrected chi connectivity index (χ3v) is 6.51. The van der Waals surface area contributed by atoms with Gasteiger partial charge in [-0.3, -0.25) is 14.2 Å². The quantitative estimate of drug-likeness (QED) is 0.531. The number of carbonyl (C=O) groups excluding carboxylic acids is 1. The minimum Gasteiger partial charge on any atom is -0.293 e. The normalized spacial score (nSPS) is 13.4. The molecule has 0 saturated heterocycles. The smallest absolute Gasteiger partial charge is 0.262 e. The highest BCUT2D eigenvalue weighted by molar-refractivity contribution is 8.00. The number of hydrogen-bond donors (Lipinski definition) is 0. The van der Waals surface area contributed by atoms with Crippen molar-refractivity contribution >= 4 is 39.1 Å². The van der Waals surface area contributed by atoms with Crippen LogP contribution in [0, 0.1) is 0 Å². The maximum Gasteiger partial charge on any atom is 0.262 e. The molecule has 0 saturated carbocycles. The fourth-order valence-corrected chi connectivity index (χ4v) is 5.13. The number of thiophene rings is 1. The van der Waals surface area contributed by atoms with Crippen molar-refractivity contribution in [3.63, 3.8) is 0 Å². The summed E-state index contributed by atoms with van der Waals surface area (Å²) in [5.74, 6) is 0.427. The van der Waals surface area contributed by atoms with Crippen molar-refractivity contribution in [2.45, 2.75) is 24.2 Å². The Morgan fingerprint density at radius 3 is 2.88 bits per heavy atom. The molecule has 0 fully saturated rings. The fraction of sp³-hybridized carbons (Fsp3) is 0.278. The molecule has 1 aromatic carbocycles. The highest BCUT2D eigenvalue weighted by atomic mass is 32.2. The molecule has 6 heteroatoms. The number of ketones is 1. The molecular weight excluding hydrogens is 340 g/mol. The topological polar surface area (TPSA) is 52.0 Å². The number of carbonyl (C=O) groups is 1. The number of rotatable bonds is 4. The molecule has 0 unspecified atom stereocenters. The molecule has 3 aromatic rings. The highest BCUT2D eigenvalue weighted by Gasteiger charge is 2.24. The van der Waals surface area contributed by atoms with Gasteiger partial charge in [-0.2, -0.15) is 0 Å². The van der Waals surface area contributed by atoms with Gasteiger partial charge in [0.2, 0.25) is 5.78 Å². The van der Waals surface area contributed by atoms with Gasteiger partial charge in [-0.15, -0.1) is 23.1 Å². The molecule has 4 rings (SSSR count). The molecule has 4 nitrogen and oxygen atoms in total. The Balaban J connectivity index is 1.68. The molecule has 24 heavy (non-hydrogen) atoms. The van der Waals surface area contributed by atoms with Crippen LogP contribution in [0.5, 0.6) is 0 Å². The van der Waals surface area contributed by atoms with Gasteiger partial charge < -0.3 is 0 Å². The molecule has 0 aliphatic heterocycles. The van der Waals surface area contributed by atoms with E-state index in [1.165, 1.54) is 21.2 Å². The van der Waals surface area contributed by atoms with Gasteiger partial charge in [-0.05, 0) is 37.0 Å². The van der Waals surface area contributed by atoms with E-state index in [2.05, 4.69) is 4.98 Å². The Kier molecular flexibility index (Phi) is 4.02. The monoisotopic (exact) mass is 356 g/mol. The molecule has 0 spiro atoms. The molecule has 2 heterocycles. The van der Waals surface area contributed by atoms with Gasteiger partial charge in [0, 0.05) is 16.8 Å². The van der Waals surface area contributed by atoms with Gasteiger partial charge in [0.05, 0.1) is 11.1 Å². The van der Waals surface area contributed by atoms with Gasteiger partial charge in [-0.25, -0.2) is 4.98 Å². The molecular formula is C18H16N2O2S2. The summed E-state index contributed by atoms with van der Waals surface area (Å²) in [6.45, 7) is 0. The van der Waals surface area contributed by atoms with E-state index in [4.69, 9.17) is 0 Å². The summed E-state index contributed by atoms with van der Waals surface area (Å²) in [6, 6.07) is 9.77. The summed E-state index contributed by atoms with van der Waals surface area (Å²) in [4.78, 5) is 32.8. The van der Waals surface area contributed by atoms with E-state index in [0.717, 1.165) is 39.9 Å². The number of benzene rings is 1. The highest BCUT2D eigenvalue weighted by Crippen LogP contribution is 2.34. The Labute approximate surface area is 147 Å². The van der Waals surface area contributed by atoms with E-state index >= 15 is 0 Å². The summed E-state index contributed by atoms with van der Waals surface area (Å²) in [5.41, 5.74) is 1.06. The van der Waals surface area contributed by atoms with Gasteiger partial charge in [0.15, 0.2) is 5.82 Å². The minimum atomic E-state index is -0.112. The zero-order chi connectivity index (χ0) is 16.7. The molecule has 0 bridgehead atoms. The van der Waals surface area contributed by atoms with Crippen molar-refractivity contribution in [2.24, 2.45) is 7.05 Å². The largest absolute Gasteiger partial charge is 0.293 e. The van der Waals surface area contributed by atoms with Crippen LogP contribution in [0.25, 0.3) is 10.2 Å². The predicted octanol–water partition coefficient (Wildman–Crippen LogP) is 3.46. The lowest BCUT2D eigenvalue weighted by molar-refractivity contribution is 0.100. The fourth-order valence-electron chi connectivity index (χ4n) is 3.10. The Morgan fingerprint density at radius 1 is 1.29 bits per heavy atom. The number of aromatic nitrogens is 2. The Bertz CT molecular complexity index is 990. The maximum absolute atomic E-state index is 12.7. The van der Waals surface area contributed by atoms with E-state index in [9.17, 15) is 9.59 Å². The maximum atomic E-state index is 12.7. The first kappa shape index (κ1) is 15.6. The number of fused-ring (bicyclic) bond motifs is 3. The number of aryl methyl sites for hydroxylation is 2. The second kappa shape index (κ2) is 6.18. The number of hydrogen-bond acceptors (Lipinski definition) is 5. The lowest BCUT2D eigenvalue weighted by Crippen LogP contribution is -2.26. The van der Waals surface area contributed by atoms with E-state index in [1.54, 1.807) is 18.4 Å². The summed E-state index contributed by atoms with van der Waals surface area (Å²) in [6.07, 6.45) is 3.07. The van der Waals surface area contributed by atoms with Gasteiger partial charge in [0.1, 0.15) is 4.83 Å². The van der Waals surface area contributed by atoms with Crippen LogP contribution in [0.1, 0.15) is 27.5 Å². The molecule has 0 atom stereocenters. The minimum absolute atomic E-state index is 0.0903. The van der Waals surface area contributed by atoms with Gasteiger partial charge >= 0.3 is 0 Å². The number of thioether (sulfide) groups is 1. The van der Waals surface area contributed by atoms with Crippen molar-refractivity contribution in [3.05, 3.63) is 57.0 Å². The summed E-state index contributed by atoms with van der Waals surface area (Å²) in [7, 11) is 1.65. The molecule has 0 N–H and O–H groups in total. The lowest BCUT2D eigenvalue weighted by atomic mass is 10.2. The van der Waals surface area contributed by atoms with E-state index in [0.29, 0.717) is 0 Å². The predicted molar refractivity (Wildman–Crippen MR) is 98.4 cm³/mol.